The maximum atomic E-state index is 12.2. The normalized spacial score (nSPS) is 13.5. The first-order chi connectivity index (χ1) is 11.3. The van der Waals surface area contributed by atoms with E-state index in [1.807, 2.05) is 13.8 Å². The van der Waals surface area contributed by atoms with Gasteiger partial charge in [0.25, 0.3) is 5.91 Å². The van der Waals surface area contributed by atoms with E-state index in [0.29, 0.717) is 6.42 Å². The number of hydrogen-bond donors (Lipinski definition) is 3. The van der Waals surface area contributed by atoms with Gasteiger partial charge < -0.3 is 10.4 Å². The van der Waals surface area contributed by atoms with Crippen LogP contribution in [0.5, 0.6) is 0 Å². The van der Waals surface area contributed by atoms with Crippen LogP contribution < -0.4 is 10.0 Å². The number of aliphatic carboxylic acids is 1. The highest BCUT2D eigenvalue weighted by atomic mass is 32.2. The monoisotopic (exact) mass is 370 g/mol. The Morgan fingerprint density at radius 3 is 2.04 bits per heavy atom. The molecule has 0 spiro atoms. The summed E-state index contributed by atoms with van der Waals surface area (Å²) in [5, 5.41) is 11.6. The SMILES string of the molecule is CC(C)C[C@H](NC(=O)c1ccc(S(=O)(=O)NC(C)(C)C)cc1)C(=O)O. The van der Waals surface area contributed by atoms with Crippen LogP contribution in [-0.4, -0.2) is 37.0 Å². The van der Waals surface area contributed by atoms with Crippen LogP contribution >= 0.6 is 0 Å². The van der Waals surface area contributed by atoms with Crippen molar-refractivity contribution in [3.8, 4) is 0 Å². The maximum Gasteiger partial charge on any atom is 0.326 e. The van der Waals surface area contributed by atoms with E-state index in [0.717, 1.165) is 0 Å². The third-order valence-electron chi connectivity index (χ3n) is 3.18. The summed E-state index contributed by atoms with van der Waals surface area (Å²) in [7, 11) is -3.69. The van der Waals surface area contributed by atoms with Crippen LogP contribution in [0.15, 0.2) is 29.2 Å². The maximum absolute atomic E-state index is 12.2. The minimum absolute atomic E-state index is 0.0379. The van der Waals surface area contributed by atoms with E-state index in [2.05, 4.69) is 10.0 Å². The minimum Gasteiger partial charge on any atom is -0.480 e. The van der Waals surface area contributed by atoms with Gasteiger partial charge in [0.2, 0.25) is 10.0 Å². The Morgan fingerprint density at radius 1 is 1.12 bits per heavy atom. The van der Waals surface area contributed by atoms with Crippen LogP contribution in [0.2, 0.25) is 0 Å². The van der Waals surface area contributed by atoms with Crippen molar-refractivity contribution in [2.24, 2.45) is 5.92 Å². The molecule has 0 saturated carbocycles. The average molecular weight is 370 g/mol. The Kier molecular flexibility index (Phi) is 6.73. The second-order valence-electron chi connectivity index (χ2n) is 7.37. The number of rotatable bonds is 7. The van der Waals surface area contributed by atoms with Crippen LogP contribution in [0.1, 0.15) is 51.4 Å². The summed E-state index contributed by atoms with van der Waals surface area (Å²) >= 11 is 0. The molecule has 7 nitrogen and oxygen atoms in total. The smallest absolute Gasteiger partial charge is 0.326 e. The number of hydrogen-bond acceptors (Lipinski definition) is 4. The second-order valence-corrected chi connectivity index (χ2v) is 9.06. The number of nitrogens with one attached hydrogen (secondary N) is 2. The molecule has 0 aliphatic heterocycles. The highest BCUT2D eigenvalue weighted by Crippen LogP contribution is 2.14. The largest absolute Gasteiger partial charge is 0.480 e. The molecule has 0 unspecified atom stereocenters. The number of sulfonamides is 1. The molecule has 0 aromatic heterocycles. The van der Waals surface area contributed by atoms with E-state index in [4.69, 9.17) is 0 Å². The Balaban J connectivity index is 2.92. The van der Waals surface area contributed by atoms with Crippen LogP contribution in [0.25, 0.3) is 0 Å². The number of carbonyl (C=O) groups is 2. The van der Waals surface area contributed by atoms with Gasteiger partial charge in [-0.2, -0.15) is 0 Å². The van der Waals surface area contributed by atoms with Gasteiger partial charge in [0.05, 0.1) is 4.90 Å². The zero-order valence-electron chi connectivity index (χ0n) is 15.2. The highest BCUT2D eigenvalue weighted by molar-refractivity contribution is 7.89. The molecule has 0 heterocycles. The number of amides is 1. The molecule has 1 amide bonds. The molecule has 1 aromatic carbocycles. The van der Waals surface area contributed by atoms with Crippen molar-refractivity contribution in [2.75, 3.05) is 0 Å². The quantitative estimate of drug-likeness (QED) is 0.679. The van der Waals surface area contributed by atoms with Crippen molar-refractivity contribution in [2.45, 2.75) is 57.5 Å². The molecule has 8 heteroatoms. The lowest BCUT2D eigenvalue weighted by atomic mass is 10.0. The van der Waals surface area contributed by atoms with Crippen molar-refractivity contribution < 1.29 is 23.1 Å². The van der Waals surface area contributed by atoms with Gasteiger partial charge in [-0.3, -0.25) is 4.79 Å². The molecule has 0 bridgehead atoms. The van der Waals surface area contributed by atoms with Gasteiger partial charge in [-0.1, -0.05) is 13.8 Å². The molecule has 140 valence electrons. The molecule has 1 atom stereocenters. The second kappa shape index (κ2) is 7.97. The number of carbonyl (C=O) groups excluding carboxylic acids is 1. The Labute approximate surface area is 148 Å². The Bertz CT molecular complexity index is 718. The van der Waals surface area contributed by atoms with Gasteiger partial charge >= 0.3 is 5.97 Å². The van der Waals surface area contributed by atoms with E-state index in [1.165, 1.54) is 24.3 Å². The van der Waals surface area contributed by atoms with Gasteiger partial charge in [0.15, 0.2) is 0 Å². The van der Waals surface area contributed by atoms with Crippen molar-refractivity contribution in [3.05, 3.63) is 29.8 Å². The van der Waals surface area contributed by atoms with Gasteiger partial charge in [-0.25, -0.2) is 17.9 Å². The lowest BCUT2D eigenvalue weighted by Crippen LogP contribution is -2.41. The van der Waals surface area contributed by atoms with Crippen molar-refractivity contribution in [1.82, 2.24) is 10.0 Å². The highest BCUT2D eigenvalue weighted by Gasteiger charge is 2.24. The van der Waals surface area contributed by atoms with Gasteiger partial charge in [-0.15, -0.1) is 0 Å². The fraction of sp³-hybridized carbons (Fsp3) is 0.529. The summed E-state index contributed by atoms with van der Waals surface area (Å²) in [5.41, 5.74) is -0.426. The van der Waals surface area contributed by atoms with E-state index in [-0.39, 0.29) is 16.4 Å². The predicted molar refractivity (Wildman–Crippen MR) is 94.9 cm³/mol. The topological polar surface area (TPSA) is 113 Å². The molecule has 25 heavy (non-hydrogen) atoms. The lowest BCUT2D eigenvalue weighted by molar-refractivity contribution is -0.139. The van der Waals surface area contributed by atoms with Gasteiger partial charge in [-0.05, 0) is 57.4 Å². The van der Waals surface area contributed by atoms with Crippen molar-refractivity contribution >= 4 is 21.9 Å². The van der Waals surface area contributed by atoms with Gasteiger partial charge in [0.1, 0.15) is 6.04 Å². The molecule has 1 aromatic rings. The van der Waals surface area contributed by atoms with Crippen LogP contribution in [0, 0.1) is 5.92 Å². The number of carboxylic acids is 1. The Hall–Kier alpha value is -1.93. The van der Waals surface area contributed by atoms with E-state index < -0.39 is 33.5 Å². The molecule has 0 saturated heterocycles. The number of benzene rings is 1. The van der Waals surface area contributed by atoms with E-state index in [1.54, 1.807) is 20.8 Å². The third-order valence-corrected chi connectivity index (χ3v) is 4.95. The third kappa shape index (κ3) is 6.83. The molecule has 0 aliphatic carbocycles. The zero-order chi connectivity index (χ0) is 19.4. The van der Waals surface area contributed by atoms with E-state index >= 15 is 0 Å². The summed E-state index contributed by atoms with van der Waals surface area (Å²) < 4.78 is 27.0. The average Bonchev–Trinajstić information content (AvgIpc) is 2.43. The predicted octanol–water partition coefficient (Wildman–Crippen LogP) is 1.99. The van der Waals surface area contributed by atoms with Crippen molar-refractivity contribution in [1.29, 1.82) is 0 Å². The summed E-state index contributed by atoms with van der Waals surface area (Å²) in [5.74, 6) is -1.55. The molecule has 0 aliphatic rings. The molecule has 1 rings (SSSR count). The fourth-order valence-corrected chi connectivity index (χ4v) is 3.60. The van der Waals surface area contributed by atoms with Crippen LogP contribution in [0.3, 0.4) is 0 Å². The van der Waals surface area contributed by atoms with Crippen molar-refractivity contribution in [3.63, 3.8) is 0 Å². The van der Waals surface area contributed by atoms with Gasteiger partial charge in [0, 0.05) is 11.1 Å². The fourth-order valence-electron chi connectivity index (χ4n) is 2.18. The van der Waals surface area contributed by atoms with Crippen LogP contribution in [-0.2, 0) is 14.8 Å². The lowest BCUT2D eigenvalue weighted by Gasteiger charge is -2.20. The molecular formula is C17H26N2O5S. The molecular weight excluding hydrogens is 344 g/mol. The number of carboxylic acid groups (broad SMARTS) is 1. The molecule has 0 fully saturated rings. The summed E-state index contributed by atoms with van der Waals surface area (Å²) in [6.45, 7) is 8.92. The standard InChI is InChI=1S/C17H26N2O5S/c1-11(2)10-14(16(21)22)18-15(20)12-6-8-13(9-7-12)25(23,24)19-17(3,4)5/h6-9,11,14,19H,10H2,1-5H3,(H,18,20)(H,21,22)/t14-/m0/s1. The first-order valence-corrected chi connectivity index (χ1v) is 9.48. The summed E-state index contributed by atoms with van der Waals surface area (Å²) in [6.07, 6.45) is 0.309. The first-order valence-electron chi connectivity index (χ1n) is 7.99. The molecule has 3 N–H and O–H groups in total. The minimum atomic E-state index is -3.69. The summed E-state index contributed by atoms with van der Waals surface area (Å²) in [6, 6.07) is 4.38. The molecule has 0 radical (unpaired) electrons. The van der Waals surface area contributed by atoms with E-state index in [9.17, 15) is 23.1 Å². The Morgan fingerprint density at radius 2 is 1.64 bits per heavy atom. The first kappa shape index (κ1) is 21.1. The zero-order valence-corrected chi connectivity index (χ0v) is 16.0. The summed E-state index contributed by atoms with van der Waals surface area (Å²) in [4.78, 5) is 23.4. The van der Waals surface area contributed by atoms with Crippen LogP contribution in [0.4, 0.5) is 0 Å².